The minimum Gasteiger partial charge on any atom is -0.393 e. The van der Waals surface area contributed by atoms with E-state index in [1.165, 1.54) is 5.56 Å². The molecule has 0 aromatic heterocycles. The zero-order chi connectivity index (χ0) is 11.4. The van der Waals surface area contributed by atoms with Crippen molar-refractivity contribution in [1.82, 2.24) is 4.90 Å². The van der Waals surface area contributed by atoms with Crippen LogP contribution in [0.1, 0.15) is 12.0 Å². The Kier molecular flexibility index (Phi) is 3.93. The summed E-state index contributed by atoms with van der Waals surface area (Å²) < 4.78 is 0. The summed E-state index contributed by atoms with van der Waals surface area (Å²) in [5.74, 6) is 0.234. The maximum Gasteiger partial charge on any atom is 0.0604 e. The largest absolute Gasteiger partial charge is 0.393 e. The average Bonchev–Trinajstić information content (AvgIpc) is 2.33. The van der Waals surface area contributed by atoms with Gasteiger partial charge in [-0.1, -0.05) is 30.3 Å². The van der Waals surface area contributed by atoms with Crippen molar-refractivity contribution in [1.29, 1.82) is 0 Å². The summed E-state index contributed by atoms with van der Waals surface area (Å²) in [5.41, 5.74) is 6.99. The highest BCUT2D eigenvalue weighted by atomic mass is 16.3. The van der Waals surface area contributed by atoms with Gasteiger partial charge in [0.1, 0.15) is 0 Å². The fourth-order valence-electron chi connectivity index (χ4n) is 2.31. The van der Waals surface area contributed by atoms with Gasteiger partial charge < -0.3 is 10.8 Å². The predicted octanol–water partition coefficient (Wildman–Crippen LogP) is 0.828. The number of hydrogen-bond acceptors (Lipinski definition) is 3. The third-order valence-electron chi connectivity index (χ3n) is 3.33. The quantitative estimate of drug-likeness (QED) is 0.793. The molecule has 0 aliphatic carbocycles. The highest BCUT2D eigenvalue weighted by Gasteiger charge is 2.26. The summed E-state index contributed by atoms with van der Waals surface area (Å²) in [4.78, 5) is 2.37. The van der Waals surface area contributed by atoms with Crippen LogP contribution in [0.4, 0.5) is 0 Å². The molecule has 0 amide bonds. The number of benzene rings is 1. The van der Waals surface area contributed by atoms with E-state index in [0.29, 0.717) is 6.54 Å². The normalized spacial score (nSPS) is 26.9. The van der Waals surface area contributed by atoms with Gasteiger partial charge in [-0.15, -0.1) is 0 Å². The first kappa shape index (κ1) is 11.6. The molecule has 3 N–H and O–H groups in total. The van der Waals surface area contributed by atoms with Crippen LogP contribution in [-0.4, -0.2) is 35.7 Å². The van der Waals surface area contributed by atoms with Crippen LogP contribution < -0.4 is 5.73 Å². The Morgan fingerprint density at radius 1 is 1.31 bits per heavy atom. The van der Waals surface area contributed by atoms with Crippen LogP contribution in [0.5, 0.6) is 0 Å². The van der Waals surface area contributed by atoms with Gasteiger partial charge in [0.15, 0.2) is 0 Å². The second-order valence-electron chi connectivity index (χ2n) is 4.57. The van der Waals surface area contributed by atoms with E-state index in [9.17, 15) is 5.11 Å². The molecule has 3 nitrogen and oxygen atoms in total. The van der Waals surface area contributed by atoms with Gasteiger partial charge in [-0.2, -0.15) is 0 Å². The maximum absolute atomic E-state index is 9.75. The Morgan fingerprint density at radius 2 is 2.06 bits per heavy atom. The van der Waals surface area contributed by atoms with Crippen LogP contribution in [0.25, 0.3) is 0 Å². The van der Waals surface area contributed by atoms with Crippen molar-refractivity contribution in [3.8, 4) is 0 Å². The first-order valence-corrected chi connectivity index (χ1v) is 5.94. The molecule has 1 aliphatic rings. The Hall–Kier alpha value is -0.900. The van der Waals surface area contributed by atoms with Crippen LogP contribution >= 0.6 is 0 Å². The van der Waals surface area contributed by atoms with E-state index in [1.807, 2.05) is 6.07 Å². The molecule has 2 atom stereocenters. The fraction of sp³-hybridized carbons (Fsp3) is 0.538. The van der Waals surface area contributed by atoms with Crippen LogP contribution in [0.15, 0.2) is 30.3 Å². The van der Waals surface area contributed by atoms with Crippen LogP contribution in [-0.2, 0) is 6.54 Å². The molecule has 2 rings (SSSR count). The van der Waals surface area contributed by atoms with Gasteiger partial charge in [-0.3, -0.25) is 4.90 Å². The first-order valence-electron chi connectivity index (χ1n) is 5.94. The van der Waals surface area contributed by atoms with Gasteiger partial charge in [0.2, 0.25) is 0 Å². The molecule has 0 unspecified atom stereocenters. The molecule has 0 bridgehead atoms. The second-order valence-corrected chi connectivity index (χ2v) is 4.57. The minimum atomic E-state index is -0.211. The molecular weight excluding hydrogens is 200 g/mol. The van der Waals surface area contributed by atoms with Gasteiger partial charge in [0.05, 0.1) is 6.10 Å². The molecule has 16 heavy (non-hydrogen) atoms. The molecule has 3 heteroatoms. The summed E-state index contributed by atoms with van der Waals surface area (Å²) in [6.45, 7) is 3.41. The number of aliphatic hydroxyl groups excluding tert-OH is 1. The first-order chi connectivity index (χ1) is 7.79. The minimum absolute atomic E-state index is 0.211. The van der Waals surface area contributed by atoms with E-state index >= 15 is 0 Å². The third-order valence-corrected chi connectivity index (χ3v) is 3.33. The zero-order valence-corrected chi connectivity index (χ0v) is 9.55. The molecule has 88 valence electrons. The lowest BCUT2D eigenvalue weighted by atomic mass is 9.94. The molecule has 1 heterocycles. The Labute approximate surface area is 96.9 Å². The van der Waals surface area contributed by atoms with Crippen molar-refractivity contribution >= 4 is 0 Å². The molecule has 1 aliphatic heterocycles. The summed E-state index contributed by atoms with van der Waals surface area (Å²) in [6.07, 6.45) is 0.631. The van der Waals surface area contributed by atoms with Gasteiger partial charge in [0.25, 0.3) is 0 Å². The smallest absolute Gasteiger partial charge is 0.0604 e. The zero-order valence-electron chi connectivity index (χ0n) is 9.55. The summed E-state index contributed by atoms with van der Waals surface area (Å²) in [7, 11) is 0. The Balaban J connectivity index is 1.92. The molecular formula is C13H20N2O. The fourth-order valence-corrected chi connectivity index (χ4v) is 2.31. The summed E-state index contributed by atoms with van der Waals surface area (Å²) in [5, 5.41) is 9.75. The average molecular weight is 220 g/mol. The number of hydrogen-bond donors (Lipinski definition) is 2. The number of aliphatic hydroxyl groups is 1. The number of piperidine rings is 1. The summed E-state index contributed by atoms with van der Waals surface area (Å²) in [6, 6.07) is 10.4. The Bertz CT molecular complexity index is 315. The monoisotopic (exact) mass is 220 g/mol. The van der Waals surface area contributed by atoms with Crippen LogP contribution in [0.3, 0.4) is 0 Å². The number of nitrogens with zero attached hydrogens (tertiary/aromatic N) is 1. The molecule has 0 saturated carbocycles. The van der Waals surface area contributed by atoms with E-state index in [2.05, 4.69) is 29.2 Å². The van der Waals surface area contributed by atoms with Crippen molar-refractivity contribution in [3.05, 3.63) is 35.9 Å². The number of likely N-dealkylation sites (tertiary alicyclic amines) is 1. The van der Waals surface area contributed by atoms with Gasteiger partial charge in [0, 0.05) is 25.6 Å². The highest BCUT2D eigenvalue weighted by Crippen LogP contribution is 2.18. The van der Waals surface area contributed by atoms with Crippen molar-refractivity contribution in [2.75, 3.05) is 19.6 Å². The lowest BCUT2D eigenvalue weighted by Gasteiger charge is -2.35. The lowest BCUT2D eigenvalue weighted by molar-refractivity contribution is 0.0277. The molecule has 1 aromatic rings. The standard InChI is InChI=1S/C13H20N2O/c14-8-12-10-15(7-6-13(12)16)9-11-4-2-1-3-5-11/h1-5,12-13,16H,6-10,14H2/t12-,13+/m0/s1. The maximum atomic E-state index is 9.75. The molecule has 0 radical (unpaired) electrons. The topological polar surface area (TPSA) is 49.5 Å². The van der Waals surface area contributed by atoms with E-state index in [4.69, 9.17) is 5.73 Å². The van der Waals surface area contributed by atoms with Crippen LogP contribution in [0, 0.1) is 5.92 Å². The second kappa shape index (κ2) is 5.43. The lowest BCUT2D eigenvalue weighted by Crippen LogP contribution is -2.45. The van der Waals surface area contributed by atoms with E-state index < -0.39 is 0 Å². The van der Waals surface area contributed by atoms with Gasteiger partial charge in [-0.25, -0.2) is 0 Å². The van der Waals surface area contributed by atoms with E-state index in [1.54, 1.807) is 0 Å². The van der Waals surface area contributed by atoms with Crippen molar-refractivity contribution in [2.45, 2.75) is 19.1 Å². The van der Waals surface area contributed by atoms with E-state index in [0.717, 1.165) is 26.1 Å². The van der Waals surface area contributed by atoms with Crippen molar-refractivity contribution in [2.24, 2.45) is 11.7 Å². The molecule has 1 fully saturated rings. The van der Waals surface area contributed by atoms with E-state index in [-0.39, 0.29) is 12.0 Å². The number of nitrogens with two attached hydrogens (primary N) is 1. The Morgan fingerprint density at radius 3 is 2.75 bits per heavy atom. The molecule has 1 saturated heterocycles. The SMILES string of the molecule is NC[C@H]1CN(Cc2ccccc2)CC[C@H]1O. The predicted molar refractivity (Wildman–Crippen MR) is 64.9 cm³/mol. The van der Waals surface area contributed by atoms with Crippen LogP contribution in [0.2, 0.25) is 0 Å². The summed E-state index contributed by atoms with van der Waals surface area (Å²) >= 11 is 0. The molecule has 0 spiro atoms. The van der Waals surface area contributed by atoms with Gasteiger partial charge >= 0.3 is 0 Å². The number of rotatable bonds is 3. The third kappa shape index (κ3) is 2.82. The molecule has 1 aromatic carbocycles. The van der Waals surface area contributed by atoms with Crippen molar-refractivity contribution in [3.63, 3.8) is 0 Å². The van der Waals surface area contributed by atoms with Crippen molar-refractivity contribution < 1.29 is 5.11 Å². The van der Waals surface area contributed by atoms with Gasteiger partial charge in [-0.05, 0) is 18.5 Å². The highest BCUT2D eigenvalue weighted by molar-refractivity contribution is 5.14.